The van der Waals surface area contributed by atoms with Crippen LogP contribution in [0.2, 0.25) is 0 Å². The fraction of sp³-hybridized carbons (Fsp3) is 0.381. The molecule has 0 atom stereocenters. The van der Waals surface area contributed by atoms with Crippen LogP contribution >= 0.6 is 24.0 Å². The molecule has 3 rings (SSSR count). The molecule has 5 nitrogen and oxygen atoms in total. The van der Waals surface area contributed by atoms with E-state index in [1.807, 2.05) is 6.07 Å². The molecule has 0 radical (unpaired) electrons. The van der Waals surface area contributed by atoms with Crippen LogP contribution in [0.15, 0.2) is 29.2 Å². The number of carboxylic acid groups (broad SMARTS) is 1. The number of carboxylic acids is 1. The topological polar surface area (TPSA) is 60.9 Å². The third kappa shape index (κ3) is 3.86. The Balaban J connectivity index is 1.96. The van der Waals surface area contributed by atoms with E-state index in [1.54, 1.807) is 6.08 Å². The number of carbonyl (C=O) groups is 2. The maximum atomic E-state index is 12.5. The summed E-state index contributed by atoms with van der Waals surface area (Å²) in [7, 11) is 0. The summed E-state index contributed by atoms with van der Waals surface area (Å²) in [5, 5.41) is 8.96. The number of thiocarbonyl (C=S) groups is 1. The van der Waals surface area contributed by atoms with Crippen LogP contribution in [-0.2, 0) is 9.59 Å². The zero-order valence-corrected chi connectivity index (χ0v) is 18.1. The molecule has 28 heavy (non-hydrogen) atoms. The Morgan fingerprint density at radius 3 is 2.71 bits per heavy atom. The number of carbonyl (C=O) groups excluding carboxylic acids is 1. The lowest BCUT2D eigenvalue weighted by Gasteiger charge is -2.43. The molecule has 0 unspecified atom stereocenters. The molecule has 1 N–H and O–H groups in total. The Morgan fingerprint density at radius 2 is 2.07 bits per heavy atom. The van der Waals surface area contributed by atoms with Crippen LogP contribution < -0.4 is 4.90 Å². The fourth-order valence-corrected chi connectivity index (χ4v) is 5.00. The first kappa shape index (κ1) is 20.6. The third-order valence-electron chi connectivity index (χ3n) is 4.91. The van der Waals surface area contributed by atoms with Gasteiger partial charge in [0.15, 0.2) is 0 Å². The first-order valence-corrected chi connectivity index (χ1v) is 10.4. The Morgan fingerprint density at radius 1 is 1.36 bits per heavy atom. The molecular formula is C21H24N2O3S2. The molecular weight excluding hydrogens is 392 g/mol. The van der Waals surface area contributed by atoms with E-state index in [4.69, 9.17) is 17.3 Å². The summed E-state index contributed by atoms with van der Waals surface area (Å²) in [5.74, 6) is -1.43. The number of nitrogens with zero attached hydrogens (tertiary/aromatic N) is 2. The largest absolute Gasteiger partial charge is 0.480 e. The summed E-state index contributed by atoms with van der Waals surface area (Å²) in [4.78, 5) is 27.4. The molecule has 2 aliphatic rings. The highest BCUT2D eigenvalue weighted by Crippen LogP contribution is 2.40. The van der Waals surface area contributed by atoms with Crippen LogP contribution in [0.25, 0.3) is 11.6 Å². The van der Waals surface area contributed by atoms with Crippen LogP contribution in [0.1, 0.15) is 45.2 Å². The van der Waals surface area contributed by atoms with E-state index in [2.05, 4.69) is 50.8 Å². The van der Waals surface area contributed by atoms with Crippen LogP contribution in [0.5, 0.6) is 0 Å². The van der Waals surface area contributed by atoms with Crippen molar-refractivity contribution >= 4 is 57.5 Å². The molecule has 1 aromatic carbocycles. The van der Waals surface area contributed by atoms with E-state index in [1.165, 1.54) is 11.3 Å². The van der Waals surface area contributed by atoms with Gasteiger partial charge < -0.3 is 10.0 Å². The molecule has 0 aromatic heterocycles. The van der Waals surface area contributed by atoms with Gasteiger partial charge in [0, 0.05) is 17.8 Å². The van der Waals surface area contributed by atoms with E-state index >= 15 is 0 Å². The number of aliphatic carboxylic acids is 1. The highest BCUT2D eigenvalue weighted by atomic mass is 32.2. The quantitative estimate of drug-likeness (QED) is 0.568. The molecule has 0 saturated carbocycles. The molecule has 1 fully saturated rings. The number of fused-ring (bicyclic) bond motifs is 1. The summed E-state index contributed by atoms with van der Waals surface area (Å²) < 4.78 is 0.281. The second-order valence-corrected chi connectivity index (χ2v) is 9.25. The van der Waals surface area contributed by atoms with Gasteiger partial charge in [0.2, 0.25) is 0 Å². The minimum absolute atomic E-state index is 0.0478. The zero-order chi connectivity index (χ0) is 20.6. The van der Waals surface area contributed by atoms with Crippen molar-refractivity contribution in [1.29, 1.82) is 0 Å². The Kier molecular flexibility index (Phi) is 5.68. The van der Waals surface area contributed by atoms with Gasteiger partial charge in [0.25, 0.3) is 5.91 Å². The van der Waals surface area contributed by atoms with Crippen molar-refractivity contribution in [3.63, 3.8) is 0 Å². The maximum absolute atomic E-state index is 12.5. The van der Waals surface area contributed by atoms with Crippen LogP contribution in [0.4, 0.5) is 5.69 Å². The normalized spacial score (nSPS) is 19.9. The lowest BCUT2D eigenvalue weighted by molar-refractivity contribution is -0.140. The number of hydrogen-bond donors (Lipinski definition) is 1. The summed E-state index contributed by atoms with van der Waals surface area (Å²) in [6.45, 7) is 9.29. The van der Waals surface area contributed by atoms with Crippen molar-refractivity contribution in [3.8, 4) is 0 Å². The zero-order valence-electron chi connectivity index (χ0n) is 16.5. The second kappa shape index (κ2) is 7.72. The molecule has 1 amide bonds. The molecule has 0 aliphatic carbocycles. The lowest BCUT2D eigenvalue weighted by Crippen LogP contribution is -2.45. The first-order chi connectivity index (χ1) is 13.1. The van der Waals surface area contributed by atoms with E-state index in [9.17, 15) is 9.59 Å². The number of hydrogen-bond acceptors (Lipinski definition) is 5. The average molecular weight is 417 g/mol. The lowest BCUT2D eigenvalue weighted by atomic mass is 9.88. The van der Waals surface area contributed by atoms with Gasteiger partial charge in [-0.05, 0) is 56.5 Å². The molecule has 0 spiro atoms. The smallest absolute Gasteiger partial charge is 0.323 e. The highest BCUT2D eigenvalue weighted by Gasteiger charge is 2.34. The Labute approximate surface area is 175 Å². The van der Waals surface area contributed by atoms with Crippen LogP contribution in [0, 0.1) is 0 Å². The molecule has 0 bridgehead atoms. The van der Waals surface area contributed by atoms with Crippen molar-refractivity contribution in [2.45, 2.75) is 39.7 Å². The van der Waals surface area contributed by atoms with Crippen LogP contribution in [-0.4, -0.2) is 44.8 Å². The minimum atomic E-state index is -1.08. The minimum Gasteiger partial charge on any atom is -0.480 e. The van der Waals surface area contributed by atoms with Crippen molar-refractivity contribution in [2.75, 3.05) is 18.0 Å². The van der Waals surface area contributed by atoms with Crippen LogP contribution in [0.3, 0.4) is 0 Å². The van der Waals surface area contributed by atoms with Gasteiger partial charge in [-0.15, -0.1) is 0 Å². The average Bonchev–Trinajstić information content (AvgIpc) is 2.85. The molecule has 2 heterocycles. The molecule has 148 valence electrons. The number of thioether (sulfide) groups is 1. The van der Waals surface area contributed by atoms with E-state index in [-0.39, 0.29) is 15.8 Å². The van der Waals surface area contributed by atoms with E-state index in [0.29, 0.717) is 4.91 Å². The van der Waals surface area contributed by atoms with Crippen molar-refractivity contribution < 1.29 is 14.7 Å². The molecule has 7 heteroatoms. The van der Waals surface area contributed by atoms with Crippen molar-refractivity contribution in [3.05, 3.63) is 40.3 Å². The third-order valence-corrected chi connectivity index (χ3v) is 6.29. The fourth-order valence-electron chi connectivity index (χ4n) is 3.75. The van der Waals surface area contributed by atoms with Crippen molar-refractivity contribution in [1.82, 2.24) is 4.90 Å². The summed E-state index contributed by atoms with van der Waals surface area (Å²) >= 11 is 6.31. The molecule has 1 aromatic rings. The maximum Gasteiger partial charge on any atom is 0.323 e. The predicted octanol–water partition coefficient (Wildman–Crippen LogP) is 4.38. The number of anilines is 1. The first-order valence-electron chi connectivity index (χ1n) is 9.22. The predicted molar refractivity (Wildman–Crippen MR) is 119 cm³/mol. The summed E-state index contributed by atoms with van der Waals surface area (Å²) in [6.07, 6.45) is 5.13. The molecule has 1 saturated heterocycles. The second-order valence-electron chi connectivity index (χ2n) is 7.57. The standard InChI is InChI=1S/C21H24N2O3S2/c1-5-8-23-16-7-6-14(9-15(16)13(2)11-21(23,3)4)10-17-19(26)22(12-18(24)25)20(27)28-17/h6-7,9-11H,5,8,12H2,1-4H3,(H,24,25)/b17-10-. The van der Waals surface area contributed by atoms with Gasteiger partial charge in [0.1, 0.15) is 10.9 Å². The number of amides is 1. The van der Waals surface area contributed by atoms with Gasteiger partial charge in [-0.1, -0.05) is 43.0 Å². The van der Waals surface area contributed by atoms with Gasteiger partial charge >= 0.3 is 5.97 Å². The van der Waals surface area contributed by atoms with Gasteiger partial charge in [-0.25, -0.2) is 0 Å². The number of rotatable bonds is 5. The number of benzene rings is 1. The summed E-state index contributed by atoms with van der Waals surface area (Å²) in [6, 6.07) is 6.19. The number of allylic oxidation sites excluding steroid dienone is 1. The Bertz CT molecular complexity index is 918. The SMILES string of the molecule is CCCN1c2ccc(/C=C3\SC(=S)N(CC(=O)O)C3=O)cc2C(C)=CC1(C)C. The van der Waals surface area contributed by atoms with E-state index in [0.717, 1.165) is 40.8 Å². The Hall–Kier alpha value is -2.12. The monoisotopic (exact) mass is 416 g/mol. The van der Waals surface area contributed by atoms with E-state index < -0.39 is 12.5 Å². The van der Waals surface area contributed by atoms with Gasteiger partial charge in [0.05, 0.1) is 10.4 Å². The van der Waals surface area contributed by atoms with Gasteiger partial charge in [-0.3, -0.25) is 14.5 Å². The van der Waals surface area contributed by atoms with Gasteiger partial charge in [-0.2, -0.15) is 0 Å². The highest BCUT2D eigenvalue weighted by molar-refractivity contribution is 8.26. The van der Waals surface area contributed by atoms with Crippen molar-refractivity contribution in [2.24, 2.45) is 0 Å². The molecule has 2 aliphatic heterocycles. The summed E-state index contributed by atoms with van der Waals surface area (Å²) in [5.41, 5.74) is 4.41.